The second kappa shape index (κ2) is 6.69. The molecule has 0 saturated carbocycles. The standard InChI is InChI=1S/C16H12N2O6/c1-9(19)10-5-7-11(8-6-10)17-15(20)14-12(16(21)22)3-2-4-13(14)18(23)24/h2-8H,1H3,(H,17,20)(H,21,22). The minimum atomic E-state index is -1.45. The van der Waals surface area contributed by atoms with Gasteiger partial charge in [0.05, 0.1) is 10.5 Å². The van der Waals surface area contributed by atoms with Gasteiger partial charge in [-0.2, -0.15) is 0 Å². The van der Waals surface area contributed by atoms with E-state index >= 15 is 0 Å². The van der Waals surface area contributed by atoms with Crippen LogP contribution in [0.5, 0.6) is 0 Å². The summed E-state index contributed by atoms with van der Waals surface area (Å²) in [5, 5.41) is 22.6. The van der Waals surface area contributed by atoms with Crippen molar-refractivity contribution in [1.29, 1.82) is 0 Å². The maximum atomic E-state index is 12.3. The van der Waals surface area contributed by atoms with Crippen molar-refractivity contribution in [3.8, 4) is 0 Å². The number of hydrogen-bond acceptors (Lipinski definition) is 5. The van der Waals surface area contributed by atoms with Gasteiger partial charge in [0.1, 0.15) is 5.56 Å². The second-order valence-electron chi connectivity index (χ2n) is 4.85. The number of hydrogen-bond donors (Lipinski definition) is 2. The van der Waals surface area contributed by atoms with E-state index in [9.17, 15) is 24.5 Å². The summed E-state index contributed by atoms with van der Waals surface area (Å²) in [4.78, 5) is 45.0. The number of nitrogens with one attached hydrogen (secondary N) is 1. The average molecular weight is 328 g/mol. The summed E-state index contributed by atoms with van der Waals surface area (Å²) < 4.78 is 0. The van der Waals surface area contributed by atoms with Crippen molar-refractivity contribution in [1.82, 2.24) is 0 Å². The molecule has 0 bridgehead atoms. The topological polar surface area (TPSA) is 127 Å². The Morgan fingerprint density at radius 2 is 1.71 bits per heavy atom. The second-order valence-corrected chi connectivity index (χ2v) is 4.85. The summed E-state index contributed by atoms with van der Waals surface area (Å²) in [6.45, 7) is 1.39. The van der Waals surface area contributed by atoms with Crippen LogP contribution in [-0.4, -0.2) is 27.7 Å². The van der Waals surface area contributed by atoms with Gasteiger partial charge in [-0.1, -0.05) is 6.07 Å². The molecule has 122 valence electrons. The number of ketones is 1. The highest BCUT2D eigenvalue weighted by Crippen LogP contribution is 2.24. The van der Waals surface area contributed by atoms with Crippen LogP contribution in [0.15, 0.2) is 42.5 Å². The summed E-state index contributed by atoms with van der Waals surface area (Å²) in [5.41, 5.74) is -0.898. The number of nitro benzene ring substituents is 1. The molecule has 0 spiro atoms. The highest BCUT2D eigenvalue weighted by Gasteiger charge is 2.27. The zero-order valence-corrected chi connectivity index (χ0v) is 12.5. The Labute approximate surface area is 135 Å². The van der Waals surface area contributed by atoms with Crippen LogP contribution in [0.1, 0.15) is 38.0 Å². The fraction of sp³-hybridized carbons (Fsp3) is 0.0625. The van der Waals surface area contributed by atoms with Gasteiger partial charge in [0.15, 0.2) is 5.78 Å². The fourth-order valence-electron chi connectivity index (χ4n) is 2.09. The van der Waals surface area contributed by atoms with Gasteiger partial charge in [0.2, 0.25) is 0 Å². The van der Waals surface area contributed by atoms with E-state index < -0.39 is 33.6 Å². The molecule has 1 amide bonds. The molecule has 8 heteroatoms. The van der Waals surface area contributed by atoms with Crippen LogP contribution in [0.25, 0.3) is 0 Å². The van der Waals surface area contributed by atoms with Crippen LogP contribution in [0, 0.1) is 10.1 Å². The Bertz CT molecular complexity index is 810. The fourth-order valence-corrected chi connectivity index (χ4v) is 2.09. The molecule has 0 aromatic heterocycles. The number of rotatable bonds is 5. The maximum Gasteiger partial charge on any atom is 0.336 e. The SMILES string of the molecule is CC(=O)c1ccc(NC(=O)c2c(C(=O)O)cccc2[N+](=O)[O-])cc1. The molecule has 2 aromatic carbocycles. The monoisotopic (exact) mass is 328 g/mol. The number of carbonyl (C=O) groups excluding carboxylic acids is 2. The maximum absolute atomic E-state index is 12.3. The van der Waals surface area contributed by atoms with E-state index in [-0.39, 0.29) is 11.5 Å². The number of Topliss-reactive ketones (excluding diaryl/α,β-unsaturated/α-hetero) is 1. The molecule has 2 aromatic rings. The Morgan fingerprint density at radius 1 is 1.08 bits per heavy atom. The normalized spacial score (nSPS) is 10.0. The van der Waals surface area contributed by atoms with Crippen molar-refractivity contribution in [2.24, 2.45) is 0 Å². The number of carbonyl (C=O) groups is 3. The summed E-state index contributed by atoms with van der Waals surface area (Å²) in [6.07, 6.45) is 0. The predicted molar refractivity (Wildman–Crippen MR) is 84.5 cm³/mol. The molecule has 0 unspecified atom stereocenters. The van der Waals surface area contributed by atoms with E-state index in [0.717, 1.165) is 12.1 Å². The van der Waals surface area contributed by atoms with Gasteiger partial charge in [0, 0.05) is 17.3 Å². The molecule has 0 aliphatic rings. The first-order valence-corrected chi connectivity index (χ1v) is 6.74. The summed E-state index contributed by atoms with van der Waals surface area (Å²) in [5.74, 6) is -2.52. The van der Waals surface area contributed by atoms with Gasteiger partial charge in [-0.15, -0.1) is 0 Å². The van der Waals surface area contributed by atoms with Crippen molar-refractivity contribution in [3.05, 3.63) is 69.3 Å². The van der Waals surface area contributed by atoms with Crippen LogP contribution in [0.2, 0.25) is 0 Å². The van der Waals surface area contributed by atoms with Gasteiger partial charge in [-0.05, 0) is 37.3 Å². The first-order chi connectivity index (χ1) is 11.3. The van der Waals surface area contributed by atoms with Crippen LogP contribution >= 0.6 is 0 Å². The van der Waals surface area contributed by atoms with Crippen LogP contribution in [0.3, 0.4) is 0 Å². The lowest BCUT2D eigenvalue weighted by atomic mass is 10.0. The molecule has 2 N–H and O–H groups in total. The first kappa shape index (κ1) is 16.8. The van der Waals surface area contributed by atoms with Crippen LogP contribution in [-0.2, 0) is 0 Å². The molecule has 0 fully saturated rings. The smallest absolute Gasteiger partial charge is 0.336 e. The molecule has 8 nitrogen and oxygen atoms in total. The summed E-state index contributed by atoms with van der Waals surface area (Å²) in [6, 6.07) is 9.22. The van der Waals surface area contributed by atoms with Gasteiger partial charge in [0.25, 0.3) is 11.6 Å². The predicted octanol–water partition coefficient (Wildman–Crippen LogP) is 2.75. The number of amides is 1. The lowest BCUT2D eigenvalue weighted by Crippen LogP contribution is -2.18. The van der Waals surface area contributed by atoms with E-state index in [1.165, 1.54) is 37.3 Å². The number of aromatic carboxylic acids is 1. The molecule has 24 heavy (non-hydrogen) atoms. The number of nitro groups is 1. The minimum absolute atomic E-state index is 0.153. The van der Waals surface area contributed by atoms with Crippen molar-refractivity contribution in [3.63, 3.8) is 0 Å². The number of anilines is 1. The molecular weight excluding hydrogens is 316 g/mol. The molecule has 0 heterocycles. The quantitative estimate of drug-likeness (QED) is 0.493. The highest BCUT2D eigenvalue weighted by molar-refractivity contribution is 6.13. The largest absolute Gasteiger partial charge is 0.478 e. The van der Waals surface area contributed by atoms with E-state index in [2.05, 4.69) is 5.32 Å². The molecular formula is C16H12N2O6. The zero-order chi connectivity index (χ0) is 17.9. The lowest BCUT2D eigenvalue weighted by molar-refractivity contribution is -0.385. The number of carboxylic acids is 1. The van der Waals surface area contributed by atoms with Gasteiger partial charge >= 0.3 is 5.97 Å². The molecule has 0 saturated heterocycles. The van der Waals surface area contributed by atoms with E-state index in [1.54, 1.807) is 0 Å². The molecule has 0 radical (unpaired) electrons. The highest BCUT2D eigenvalue weighted by atomic mass is 16.6. The summed E-state index contributed by atoms with van der Waals surface area (Å²) >= 11 is 0. The molecule has 0 aliphatic heterocycles. The van der Waals surface area contributed by atoms with Crippen molar-refractivity contribution in [2.45, 2.75) is 6.92 Å². The third-order valence-corrected chi connectivity index (χ3v) is 3.25. The molecule has 0 aliphatic carbocycles. The average Bonchev–Trinajstić information content (AvgIpc) is 2.54. The Kier molecular flexibility index (Phi) is 4.69. The Balaban J connectivity index is 2.40. The van der Waals surface area contributed by atoms with Gasteiger partial charge in [-0.3, -0.25) is 19.7 Å². The van der Waals surface area contributed by atoms with Crippen LogP contribution < -0.4 is 5.32 Å². The van der Waals surface area contributed by atoms with Crippen molar-refractivity contribution in [2.75, 3.05) is 5.32 Å². The zero-order valence-electron chi connectivity index (χ0n) is 12.5. The van der Waals surface area contributed by atoms with E-state index in [0.29, 0.717) is 5.56 Å². The van der Waals surface area contributed by atoms with Crippen molar-refractivity contribution < 1.29 is 24.4 Å². The minimum Gasteiger partial charge on any atom is -0.478 e. The Hall–Kier alpha value is -3.55. The van der Waals surface area contributed by atoms with E-state index in [1.807, 2.05) is 0 Å². The van der Waals surface area contributed by atoms with Gasteiger partial charge < -0.3 is 10.4 Å². The van der Waals surface area contributed by atoms with Gasteiger partial charge in [-0.25, -0.2) is 4.79 Å². The van der Waals surface area contributed by atoms with E-state index in [4.69, 9.17) is 5.11 Å². The first-order valence-electron chi connectivity index (χ1n) is 6.74. The van der Waals surface area contributed by atoms with Crippen molar-refractivity contribution >= 4 is 29.0 Å². The molecule has 2 rings (SSSR count). The number of benzene rings is 2. The Morgan fingerprint density at radius 3 is 2.21 bits per heavy atom. The number of nitrogens with zero attached hydrogens (tertiary/aromatic N) is 1. The molecule has 0 atom stereocenters. The number of carboxylic acid groups (broad SMARTS) is 1. The summed E-state index contributed by atoms with van der Waals surface area (Å²) in [7, 11) is 0. The lowest BCUT2D eigenvalue weighted by Gasteiger charge is -2.09. The van der Waals surface area contributed by atoms with Crippen LogP contribution in [0.4, 0.5) is 11.4 Å². The third-order valence-electron chi connectivity index (χ3n) is 3.25. The third kappa shape index (κ3) is 3.43.